The van der Waals surface area contributed by atoms with Crippen molar-refractivity contribution in [3.63, 3.8) is 0 Å². The first kappa shape index (κ1) is 15.4. The molecule has 2 rings (SSSR count). The number of aliphatic hydroxyl groups is 1. The van der Waals surface area contributed by atoms with Crippen LogP contribution in [0.4, 0.5) is 4.39 Å². The Balaban J connectivity index is 2.34. The Bertz CT molecular complexity index is 721. The second-order valence-corrected chi connectivity index (χ2v) is 6.20. The minimum atomic E-state index is -4.06. The van der Waals surface area contributed by atoms with Crippen LogP contribution in [0.25, 0.3) is 0 Å². The highest BCUT2D eigenvalue weighted by atomic mass is 32.2. The van der Waals surface area contributed by atoms with E-state index < -0.39 is 26.6 Å². The van der Waals surface area contributed by atoms with E-state index in [2.05, 4.69) is 17.2 Å². The van der Waals surface area contributed by atoms with Crippen LogP contribution in [0.2, 0.25) is 0 Å². The molecular weight excluding hydrogens is 299 g/mol. The van der Waals surface area contributed by atoms with Gasteiger partial charge in [-0.1, -0.05) is 11.8 Å². The number of rotatable bonds is 2. The smallest absolute Gasteiger partial charge is 0.246 e. The summed E-state index contributed by atoms with van der Waals surface area (Å²) in [5, 5.41) is 11.1. The number of hydrogen-bond donors (Lipinski definition) is 2. The Hall–Kier alpha value is -1.95. The first-order valence-electron chi connectivity index (χ1n) is 6.11. The standard InChI is InChI=1S/C13H13FN2O4S/c14-11-8-10(2-1-7-17)3-4-12(11)21(19,20)16-6-5-15-13(18)9-16/h3-4,8,17H,5-7,9H2,(H,15,18). The Morgan fingerprint density at radius 3 is 2.81 bits per heavy atom. The van der Waals surface area contributed by atoms with Gasteiger partial charge in [0.15, 0.2) is 0 Å². The highest BCUT2D eigenvalue weighted by Gasteiger charge is 2.31. The quantitative estimate of drug-likeness (QED) is 0.706. The molecule has 0 radical (unpaired) electrons. The molecule has 1 aliphatic rings. The Morgan fingerprint density at radius 2 is 2.19 bits per heavy atom. The van der Waals surface area contributed by atoms with E-state index in [9.17, 15) is 17.6 Å². The molecule has 0 saturated carbocycles. The normalized spacial score (nSPS) is 16.0. The van der Waals surface area contributed by atoms with E-state index in [1.54, 1.807) is 0 Å². The number of carbonyl (C=O) groups is 1. The van der Waals surface area contributed by atoms with Crippen LogP contribution < -0.4 is 5.32 Å². The molecule has 1 amide bonds. The molecule has 8 heteroatoms. The number of hydrogen-bond acceptors (Lipinski definition) is 4. The second-order valence-electron chi connectivity index (χ2n) is 4.29. The lowest BCUT2D eigenvalue weighted by Gasteiger charge is -2.26. The average Bonchev–Trinajstić information content (AvgIpc) is 2.45. The van der Waals surface area contributed by atoms with Crippen LogP contribution in [-0.4, -0.2) is 50.0 Å². The fourth-order valence-electron chi connectivity index (χ4n) is 1.89. The molecule has 1 aromatic rings. The zero-order valence-electron chi connectivity index (χ0n) is 11.0. The van der Waals surface area contributed by atoms with Gasteiger partial charge in [-0.05, 0) is 18.2 Å². The number of piperazine rings is 1. The molecule has 112 valence electrons. The summed E-state index contributed by atoms with van der Waals surface area (Å²) in [5.41, 5.74) is 0.261. The fraction of sp³-hybridized carbons (Fsp3) is 0.308. The number of carbonyl (C=O) groups excluding carboxylic acids is 1. The lowest BCUT2D eigenvalue weighted by molar-refractivity contribution is -0.122. The number of sulfonamides is 1. The Kier molecular flexibility index (Phi) is 4.57. The highest BCUT2D eigenvalue weighted by Crippen LogP contribution is 2.20. The monoisotopic (exact) mass is 312 g/mol. The third-order valence-corrected chi connectivity index (χ3v) is 4.74. The lowest BCUT2D eigenvalue weighted by atomic mass is 10.2. The summed E-state index contributed by atoms with van der Waals surface area (Å²) in [6.07, 6.45) is 0. The first-order valence-corrected chi connectivity index (χ1v) is 7.55. The lowest BCUT2D eigenvalue weighted by Crippen LogP contribution is -2.49. The summed E-state index contributed by atoms with van der Waals surface area (Å²) in [6, 6.07) is 3.45. The van der Waals surface area contributed by atoms with Crippen molar-refractivity contribution in [1.29, 1.82) is 0 Å². The second kappa shape index (κ2) is 6.22. The highest BCUT2D eigenvalue weighted by molar-refractivity contribution is 7.89. The van der Waals surface area contributed by atoms with Gasteiger partial charge in [-0.25, -0.2) is 12.8 Å². The van der Waals surface area contributed by atoms with Crippen molar-refractivity contribution in [2.45, 2.75) is 4.90 Å². The van der Waals surface area contributed by atoms with Gasteiger partial charge in [0.1, 0.15) is 17.3 Å². The molecule has 1 aliphatic heterocycles. The molecule has 0 spiro atoms. The van der Waals surface area contributed by atoms with Gasteiger partial charge in [-0.3, -0.25) is 4.79 Å². The first-order chi connectivity index (χ1) is 9.95. The molecule has 0 aliphatic carbocycles. The van der Waals surface area contributed by atoms with E-state index in [-0.39, 0.29) is 31.8 Å². The molecule has 0 unspecified atom stereocenters. The molecule has 0 atom stereocenters. The molecule has 21 heavy (non-hydrogen) atoms. The maximum absolute atomic E-state index is 14.0. The Morgan fingerprint density at radius 1 is 1.43 bits per heavy atom. The summed E-state index contributed by atoms with van der Waals surface area (Å²) in [7, 11) is -4.06. The van der Waals surface area contributed by atoms with Gasteiger partial charge in [0.2, 0.25) is 15.9 Å². The minimum Gasteiger partial charge on any atom is -0.384 e. The van der Waals surface area contributed by atoms with E-state index >= 15 is 0 Å². The van der Waals surface area contributed by atoms with Crippen LogP contribution in [0.5, 0.6) is 0 Å². The van der Waals surface area contributed by atoms with Crippen LogP contribution in [0, 0.1) is 17.7 Å². The summed E-state index contributed by atoms with van der Waals surface area (Å²) < 4.78 is 39.5. The van der Waals surface area contributed by atoms with E-state index in [4.69, 9.17) is 5.11 Å². The number of aliphatic hydroxyl groups excluding tert-OH is 1. The van der Waals surface area contributed by atoms with Crippen molar-refractivity contribution in [3.05, 3.63) is 29.6 Å². The Labute approximate surface area is 121 Å². The van der Waals surface area contributed by atoms with Gasteiger partial charge in [0, 0.05) is 18.7 Å². The fourth-order valence-corrected chi connectivity index (χ4v) is 3.33. The van der Waals surface area contributed by atoms with Gasteiger partial charge in [-0.15, -0.1) is 0 Å². The molecule has 6 nitrogen and oxygen atoms in total. The van der Waals surface area contributed by atoms with Crippen LogP contribution in [0.15, 0.2) is 23.1 Å². The number of benzene rings is 1. The molecule has 1 aromatic carbocycles. The molecule has 1 fully saturated rings. The van der Waals surface area contributed by atoms with E-state index in [1.807, 2.05) is 0 Å². The van der Waals surface area contributed by atoms with Gasteiger partial charge >= 0.3 is 0 Å². The summed E-state index contributed by atoms with van der Waals surface area (Å²) >= 11 is 0. The SMILES string of the molecule is O=C1CN(S(=O)(=O)c2ccc(C#CCO)cc2F)CCN1. The molecule has 1 saturated heterocycles. The summed E-state index contributed by atoms with van der Waals surface area (Å²) in [4.78, 5) is 10.8. The maximum atomic E-state index is 14.0. The molecular formula is C13H13FN2O4S. The van der Waals surface area contributed by atoms with Crippen LogP contribution >= 0.6 is 0 Å². The number of halogens is 1. The average molecular weight is 312 g/mol. The van der Waals surface area contributed by atoms with Crippen molar-refractivity contribution in [2.75, 3.05) is 26.2 Å². The number of nitrogens with one attached hydrogen (secondary N) is 1. The van der Waals surface area contributed by atoms with E-state index in [1.165, 1.54) is 6.07 Å². The van der Waals surface area contributed by atoms with Gasteiger partial charge in [0.05, 0.1) is 6.54 Å². The summed E-state index contributed by atoms with van der Waals surface area (Å²) in [5.74, 6) is 3.47. The van der Waals surface area contributed by atoms with Crippen molar-refractivity contribution >= 4 is 15.9 Å². The predicted octanol–water partition coefficient (Wildman–Crippen LogP) is -0.710. The van der Waals surface area contributed by atoms with Crippen molar-refractivity contribution in [3.8, 4) is 11.8 Å². The van der Waals surface area contributed by atoms with E-state index in [0.29, 0.717) is 0 Å². The van der Waals surface area contributed by atoms with Gasteiger partial charge in [0.25, 0.3) is 0 Å². The van der Waals surface area contributed by atoms with Crippen molar-refractivity contribution < 1.29 is 22.7 Å². The number of nitrogens with zero attached hydrogens (tertiary/aromatic N) is 1. The molecule has 2 N–H and O–H groups in total. The topological polar surface area (TPSA) is 86.7 Å². The third-order valence-electron chi connectivity index (χ3n) is 2.86. The largest absolute Gasteiger partial charge is 0.384 e. The predicted molar refractivity (Wildman–Crippen MR) is 72.1 cm³/mol. The third kappa shape index (κ3) is 3.39. The van der Waals surface area contributed by atoms with Crippen LogP contribution in [0.3, 0.4) is 0 Å². The van der Waals surface area contributed by atoms with Gasteiger partial charge < -0.3 is 10.4 Å². The van der Waals surface area contributed by atoms with Crippen LogP contribution in [0.1, 0.15) is 5.56 Å². The molecule has 1 heterocycles. The van der Waals surface area contributed by atoms with E-state index in [0.717, 1.165) is 16.4 Å². The maximum Gasteiger partial charge on any atom is 0.246 e. The minimum absolute atomic E-state index is 0.0968. The van der Waals surface area contributed by atoms with Crippen molar-refractivity contribution in [1.82, 2.24) is 9.62 Å². The summed E-state index contributed by atoms with van der Waals surface area (Å²) in [6.45, 7) is -0.405. The van der Waals surface area contributed by atoms with Crippen molar-refractivity contribution in [2.24, 2.45) is 0 Å². The molecule has 0 bridgehead atoms. The van der Waals surface area contributed by atoms with Gasteiger partial charge in [-0.2, -0.15) is 4.31 Å². The zero-order chi connectivity index (χ0) is 15.5. The number of amides is 1. The zero-order valence-corrected chi connectivity index (χ0v) is 11.8. The molecule has 0 aromatic heterocycles. The van der Waals surface area contributed by atoms with Crippen LogP contribution in [-0.2, 0) is 14.8 Å².